The van der Waals surface area contributed by atoms with Crippen LogP contribution in [0.5, 0.6) is 0 Å². The highest BCUT2D eigenvalue weighted by atomic mass is 32.2. The molecule has 0 radical (unpaired) electrons. The number of thioether (sulfide) groups is 1. The lowest BCUT2D eigenvalue weighted by molar-refractivity contribution is -0.145. The monoisotopic (exact) mass is 638 g/mol. The van der Waals surface area contributed by atoms with Gasteiger partial charge in [0.05, 0.1) is 32.2 Å². The summed E-state index contributed by atoms with van der Waals surface area (Å²) < 4.78 is 6.73. The number of nitrogens with zero attached hydrogens (tertiary/aromatic N) is 5. The van der Waals surface area contributed by atoms with Crippen LogP contribution in [0.3, 0.4) is 0 Å². The van der Waals surface area contributed by atoms with Gasteiger partial charge in [-0.2, -0.15) is 11.8 Å². The molecule has 1 fully saturated rings. The average molecular weight is 639 g/mol. The topological polar surface area (TPSA) is 118 Å². The van der Waals surface area contributed by atoms with Crippen molar-refractivity contribution in [3.05, 3.63) is 107 Å². The molecule has 4 amide bonds. The zero-order valence-corrected chi connectivity index (χ0v) is 26.6. The van der Waals surface area contributed by atoms with E-state index in [0.717, 1.165) is 21.2 Å². The van der Waals surface area contributed by atoms with Gasteiger partial charge in [-0.05, 0) is 47.3 Å². The van der Waals surface area contributed by atoms with Crippen molar-refractivity contribution in [1.82, 2.24) is 24.7 Å². The van der Waals surface area contributed by atoms with Crippen LogP contribution in [0.2, 0.25) is 0 Å². The number of amides is 4. The Morgan fingerprint density at radius 1 is 1.07 bits per heavy atom. The van der Waals surface area contributed by atoms with Gasteiger partial charge in [-0.25, -0.2) is 19.4 Å². The minimum absolute atomic E-state index is 0.0746. The van der Waals surface area contributed by atoms with Crippen LogP contribution in [0, 0.1) is 6.57 Å². The van der Waals surface area contributed by atoms with E-state index in [1.807, 2.05) is 59.4 Å². The molecule has 0 saturated carbocycles. The van der Waals surface area contributed by atoms with Crippen LogP contribution in [0.25, 0.3) is 15.6 Å². The number of fused-ring (bicyclic) bond motifs is 1. The van der Waals surface area contributed by atoms with Gasteiger partial charge < -0.3 is 14.6 Å². The second-order valence-electron chi connectivity index (χ2n) is 11.1. The lowest BCUT2D eigenvalue weighted by Gasteiger charge is -2.33. The van der Waals surface area contributed by atoms with E-state index in [2.05, 4.69) is 15.1 Å². The van der Waals surface area contributed by atoms with E-state index in [4.69, 9.17) is 11.3 Å². The van der Waals surface area contributed by atoms with Crippen molar-refractivity contribution >= 4 is 52.0 Å². The number of urea groups is 1. The minimum atomic E-state index is -1.53. The molecule has 12 heteroatoms. The fraction of sp³-hybridized carbons (Fsp3) is 0.294. The molecule has 4 aromatic rings. The normalized spacial score (nSPS) is 16.8. The van der Waals surface area contributed by atoms with Gasteiger partial charge in [0.25, 0.3) is 5.91 Å². The van der Waals surface area contributed by atoms with Crippen LogP contribution in [0.4, 0.5) is 10.5 Å². The molecule has 1 N–H and O–H groups in total. The van der Waals surface area contributed by atoms with Crippen LogP contribution in [-0.4, -0.2) is 74.9 Å². The highest BCUT2D eigenvalue weighted by Gasteiger charge is 2.56. The zero-order valence-electron chi connectivity index (χ0n) is 25.8. The molecule has 3 aromatic carbocycles. The lowest BCUT2D eigenvalue weighted by atomic mass is 9.86. The number of carbonyl (C=O) groups is 4. The fourth-order valence-electron chi connectivity index (χ4n) is 5.75. The van der Waals surface area contributed by atoms with E-state index in [-0.39, 0.29) is 6.54 Å². The summed E-state index contributed by atoms with van der Waals surface area (Å²) in [6.45, 7) is 8.73. The number of methoxy groups -OCH3 is 1. The molecule has 1 aromatic heterocycles. The summed E-state index contributed by atoms with van der Waals surface area (Å²) in [5, 5.41) is 4.38. The van der Waals surface area contributed by atoms with Crippen LogP contribution in [-0.2, 0) is 37.7 Å². The zero-order chi connectivity index (χ0) is 32.8. The molecule has 1 saturated heterocycles. The number of nitrogens with one attached hydrogen (secondary N) is 1. The number of esters is 1. The van der Waals surface area contributed by atoms with Gasteiger partial charge in [0.15, 0.2) is 5.69 Å². The second kappa shape index (κ2) is 13.9. The molecule has 2 atom stereocenters. The summed E-state index contributed by atoms with van der Waals surface area (Å²) in [5.74, 6) is -1.04. The maximum atomic E-state index is 14.5. The number of benzene rings is 3. The standard InChI is InChI=1S/C34H34N6O5S/c1-34(28-11-7-9-24-8-5-6-10-27(24)28)32(43)39(20-26-18-36-22-38(26)19-23-12-14-25(35-2)15-13-23)33(44)40(34)21-30(41)37-29(16-17-46-4)31(42)45-3/h5-15,18,22,29H,16-17,19-21H2,1,3-4H3,(H,37,41). The van der Waals surface area contributed by atoms with Crippen LogP contribution in [0.15, 0.2) is 79.3 Å². The third-order valence-electron chi connectivity index (χ3n) is 8.25. The number of aromatic nitrogens is 2. The van der Waals surface area contributed by atoms with Crippen molar-refractivity contribution in [2.75, 3.05) is 25.7 Å². The average Bonchev–Trinajstić information content (AvgIpc) is 3.58. The number of imide groups is 1. The lowest BCUT2D eigenvalue weighted by Crippen LogP contribution is -2.51. The SMILES string of the molecule is [C-]#[N+]c1ccc(Cn2cncc2CN2C(=O)N(CC(=O)NC(CCSC)C(=O)OC)C(C)(c3cccc4ccccc34)C2=O)cc1. The number of rotatable bonds is 12. The first kappa shape index (κ1) is 32.2. The van der Waals surface area contributed by atoms with E-state index in [1.54, 1.807) is 37.6 Å². The van der Waals surface area contributed by atoms with Crippen molar-refractivity contribution < 1.29 is 23.9 Å². The first-order valence-corrected chi connectivity index (χ1v) is 16.0. The van der Waals surface area contributed by atoms with E-state index in [0.29, 0.717) is 35.7 Å². The third kappa shape index (κ3) is 6.32. The molecule has 2 unspecified atom stereocenters. The van der Waals surface area contributed by atoms with Gasteiger partial charge in [-0.3, -0.25) is 19.4 Å². The first-order chi connectivity index (χ1) is 22.2. The maximum absolute atomic E-state index is 14.5. The van der Waals surface area contributed by atoms with Crippen LogP contribution < -0.4 is 5.32 Å². The Hall–Kier alpha value is -5.15. The molecule has 1 aliphatic heterocycles. The minimum Gasteiger partial charge on any atom is -0.467 e. The Balaban J connectivity index is 1.48. The van der Waals surface area contributed by atoms with Crippen molar-refractivity contribution in [2.24, 2.45) is 0 Å². The molecule has 46 heavy (non-hydrogen) atoms. The molecule has 0 bridgehead atoms. The van der Waals surface area contributed by atoms with Gasteiger partial charge in [-0.15, -0.1) is 0 Å². The summed E-state index contributed by atoms with van der Waals surface area (Å²) in [6.07, 6.45) is 5.47. The predicted molar refractivity (Wildman–Crippen MR) is 175 cm³/mol. The number of hydrogen-bond acceptors (Lipinski definition) is 7. The smallest absolute Gasteiger partial charge is 0.328 e. The molecule has 5 rings (SSSR count). The molecule has 1 aliphatic rings. The second-order valence-corrected chi connectivity index (χ2v) is 12.1. The van der Waals surface area contributed by atoms with Crippen LogP contribution >= 0.6 is 11.8 Å². The fourth-order valence-corrected chi connectivity index (χ4v) is 6.22. The summed E-state index contributed by atoms with van der Waals surface area (Å²) in [5.41, 5.74) is 1.12. The quantitative estimate of drug-likeness (QED) is 0.136. The molecule has 11 nitrogen and oxygen atoms in total. The molecular weight excluding hydrogens is 604 g/mol. The summed E-state index contributed by atoms with van der Waals surface area (Å²) in [4.78, 5) is 64.7. The highest BCUT2D eigenvalue weighted by Crippen LogP contribution is 2.41. The Labute approximate surface area is 271 Å². The third-order valence-corrected chi connectivity index (χ3v) is 8.89. The van der Waals surface area contributed by atoms with Gasteiger partial charge in [-0.1, -0.05) is 66.7 Å². The Bertz CT molecular complexity index is 1810. The van der Waals surface area contributed by atoms with E-state index >= 15 is 0 Å². The number of hydrogen-bond donors (Lipinski definition) is 1. The maximum Gasteiger partial charge on any atom is 0.328 e. The summed E-state index contributed by atoms with van der Waals surface area (Å²) in [6, 6.07) is 18.8. The van der Waals surface area contributed by atoms with Crippen LogP contribution in [0.1, 0.15) is 30.2 Å². The van der Waals surface area contributed by atoms with Gasteiger partial charge in [0, 0.05) is 12.7 Å². The van der Waals surface area contributed by atoms with Gasteiger partial charge in [0.1, 0.15) is 18.1 Å². The van der Waals surface area contributed by atoms with Crippen molar-refractivity contribution in [2.45, 2.75) is 38.0 Å². The predicted octanol–water partition coefficient (Wildman–Crippen LogP) is 4.73. The number of imidazole rings is 1. The number of carbonyl (C=O) groups excluding carboxylic acids is 4. The Kier molecular flexibility index (Phi) is 9.72. The Morgan fingerprint density at radius 3 is 2.52 bits per heavy atom. The highest BCUT2D eigenvalue weighted by molar-refractivity contribution is 7.98. The summed E-state index contributed by atoms with van der Waals surface area (Å²) >= 11 is 1.53. The van der Waals surface area contributed by atoms with Gasteiger partial charge in [0.2, 0.25) is 5.91 Å². The van der Waals surface area contributed by atoms with Crippen molar-refractivity contribution in [1.29, 1.82) is 0 Å². The van der Waals surface area contributed by atoms with Gasteiger partial charge >= 0.3 is 12.0 Å². The largest absolute Gasteiger partial charge is 0.467 e. The van der Waals surface area contributed by atoms with Crippen molar-refractivity contribution in [3.63, 3.8) is 0 Å². The first-order valence-electron chi connectivity index (χ1n) is 14.6. The molecule has 236 valence electrons. The molecule has 2 heterocycles. The van der Waals surface area contributed by atoms with Crippen molar-refractivity contribution in [3.8, 4) is 0 Å². The molecule has 0 spiro atoms. The summed E-state index contributed by atoms with van der Waals surface area (Å²) in [7, 11) is 1.26. The molecular formula is C34H34N6O5S. The van der Waals surface area contributed by atoms with E-state index < -0.39 is 41.9 Å². The Morgan fingerprint density at radius 2 is 1.80 bits per heavy atom. The number of ether oxygens (including phenoxy) is 1. The molecule has 0 aliphatic carbocycles. The van der Waals surface area contributed by atoms with E-state index in [9.17, 15) is 19.2 Å². The van der Waals surface area contributed by atoms with E-state index in [1.165, 1.54) is 23.8 Å².